The van der Waals surface area contributed by atoms with E-state index in [0.29, 0.717) is 17.2 Å². The number of methoxy groups -OCH3 is 1. The molecule has 0 bridgehead atoms. The van der Waals surface area contributed by atoms with Crippen molar-refractivity contribution in [3.8, 4) is 5.75 Å². The number of anilines is 1. The summed E-state index contributed by atoms with van der Waals surface area (Å²) in [6, 6.07) is 11.3. The molecule has 0 saturated heterocycles. The molecule has 0 fully saturated rings. The van der Waals surface area contributed by atoms with Crippen LogP contribution in [0.2, 0.25) is 0 Å². The molecule has 1 N–H and O–H groups in total. The third-order valence-corrected chi connectivity index (χ3v) is 5.49. The van der Waals surface area contributed by atoms with Gasteiger partial charge in [-0.25, -0.2) is 4.98 Å². The number of carbonyl (C=O) groups is 1. The molecule has 152 valence electrons. The lowest BCUT2D eigenvalue weighted by atomic mass is 10.2. The Labute approximate surface area is 172 Å². The maximum Gasteiger partial charge on any atom is 0.269 e. The first-order valence-corrected chi connectivity index (χ1v) is 10.0. The summed E-state index contributed by atoms with van der Waals surface area (Å²) in [6.07, 6.45) is 0.806. The van der Waals surface area contributed by atoms with Crippen LogP contribution in [0.4, 0.5) is 10.8 Å². The van der Waals surface area contributed by atoms with Gasteiger partial charge in [-0.2, -0.15) is 0 Å². The lowest BCUT2D eigenvalue weighted by Crippen LogP contribution is -3.05. The van der Waals surface area contributed by atoms with Crippen LogP contribution < -0.4 is 14.5 Å². The molecule has 1 heterocycles. The van der Waals surface area contributed by atoms with Gasteiger partial charge in [0.2, 0.25) is 0 Å². The minimum Gasteiger partial charge on any atom is -0.497 e. The highest BCUT2D eigenvalue weighted by atomic mass is 32.1. The fourth-order valence-electron chi connectivity index (χ4n) is 2.89. The van der Waals surface area contributed by atoms with Gasteiger partial charge in [0.15, 0.2) is 5.13 Å². The molecule has 0 radical (unpaired) electrons. The first kappa shape index (κ1) is 20.7. The molecule has 29 heavy (non-hydrogen) atoms. The number of hydrogen-bond donors (Lipinski definition) is 1. The Balaban J connectivity index is 1.92. The van der Waals surface area contributed by atoms with Crippen molar-refractivity contribution >= 4 is 38.3 Å². The Hall–Kier alpha value is -3.04. The van der Waals surface area contributed by atoms with Crippen LogP contribution >= 0.6 is 11.3 Å². The molecule has 9 heteroatoms. The summed E-state index contributed by atoms with van der Waals surface area (Å²) in [7, 11) is 5.73. The predicted molar refractivity (Wildman–Crippen MR) is 113 cm³/mol. The second-order valence-corrected chi connectivity index (χ2v) is 7.91. The number of aromatic nitrogens is 1. The van der Waals surface area contributed by atoms with Gasteiger partial charge < -0.3 is 9.64 Å². The van der Waals surface area contributed by atoms with Gasteiger partial charge in [-0.15, -0.1) is 0 Å². The molecule has 0 saturated carbocycles. The SMILES string of the molecule is COc1ccc2nc(N(CCC[NH+](C)C)C(=O)c3ccc([N+](=O)[O-])cc3)sc2c1. The fraction of sp³-hybridized carbons (Fsp3) is 0.300. The molecule has 1 aromatic heterocycles. The Morgan fingerprint density at radius 1 is 1.24 bits per heavy atom. The molecule has 0 unspecified atom stereocenters. The van der Waals surface area contributed by atoms with E-state index in [4.69, 9.17) is 4.74 Å². The zero-order valence-electron chi connectivity index (χ0n) is 16.5. The van der Waals surface area contributed by atoms with Gasteiger partial charge in [-0.1, -0.05) is 11.3 Å². The molecule has 1 amide bonds. The van der Waals surface area contributed by atoms with Gasteiger partial charge >= 0.3 is 0 Å². The molecule has 0 atom stereocenters. The van der Waals surface area contributed by atoms with Crippen LogP contribution in [0.1, 0.15) is 16.8 Å². The number of thiazole rings is 1. The van der Waals surface area contributed by atoms with Crippen LogP contribution in [0.25, 0.3) is 10.2 Å². The van der Waals surface area contributed by atoms with Crippen LogP contribution in [0.3, 0.4) is 0 Å². The highest BCUT2D eigenvalue weighted by Crippen LogP contribution is 2.32. The number of non-ortho nitro benzene ring substituents is 1. The summed E-state index contributed by atoms with van der Waals surface area (Å²) in [6.45, 7) is 1.42. The van der Waals surface area contributed by atoms with E-state index in [2.05, 4.69) is 19.1 Å². The molecule has 0 spiro atoms. The smallest absolute Gasteiger partial charge is 0.269 e. The molecule has 2 aromatic carbocycles. The van der Waals surface area contributed by atoms with Crippen molar-refractivity contribution in [3.05, 3.63) is 58.1 Å². The number of carbonyl (C=O) groups excluding carboxylic acids is 1. The number of nitrogens with one attached hydrogen (secondary N) is 1. The predicted octanol–water partition coefficient (Wildman–Crippen LogP) is 2.39. The van der Waals surface area contributed by atoms with Gasteiger partial charge in [0.05, 0.1) is 42.9 Å². The van der Waals surface area contributed by atoms with Crippen molar-refractivity contribution in [2.45, 2.75) is 6.42 Å². The molecular weight excluding hydrogens is 392 g/mol. The minimum absolute atomic E-state index is 0.0450. The van der Waals surface area contributed by atoms with E-state index < -0.39 is 4.92 Å². The maximum absolute atomic E-state index is 13.2. The zero-order chi connectivity index (χ0) is 21.0. The number of ether oxygens (including phenoxy) is 1. The molecule has 0 aliphatic rings. The maximum atomic E-state index is 13.2. The topological polar surface area (TPSA) is 90.0 Å². The lowest BCUT2D eigenvalue weighted by molar-refractivity contribution is -0.858. The first-order valence-electron chi connectivity index (χ1n) is 9.19. The van der Waals surface area contributed by atoms with Crippen LogP contribution in [0, 0.1) is 10.1 Å². The van der Waals surface area contributed by atoms with Crippen molar-refractivity contribution < 1.29 is 19.4 Å². The largest absolute Gasteiger partial charge is 0.497 e. The standard InChI is InChI=1S/C20H22N4O4S/c1-22(2)11-4-12-23(19(25)14-5-7-15(8-6-14)24(26)27)20-21-17-10-9-16(28-3)13-18(17)29-20/h5-10,13H,4,11-12H2,1-3H3/p+1. The normalized spacial score (nSPS) is 11.0. The van der Waals surface area contributed by atoms with E-state index in [-0.39, 0.29) is 11.6 Å². The third kappa shape index (κ3) is 4.87. The average Bonchev–Trinajstić information content (AvgIpc) is 3.13. The summed E-state index contributed by atoms with van der Waals surface area (Å²) in [5.41, 5.74) is 1.14. The number of amides is 1. The van der Waals surface area contributed by atoms with E-state index >= 15 is 0 Å². The van der Waals surface area contributed by atoms with Crippen LogP contribution in [0.15, 0.2) is 42.5 Å². The summed E-state index contributed by atoms with van der Waals surface area (Å²) < 4.78 is 6.20. The Morgan fingerprint density at radius 2 is 1.97 bits per heavy atom. The summed E-state index contributed by atoms with van der Waals surface area (Å²) in [4.78, 5) is 31.2. The van der Waals surface area contributed by atoms with E-state index in [1.165, 1.54) is 40.5 Å². The average molecular weight is 415 g/mol. The van der Waals surface area contributed by atoms with Crippen molar-refractivity contribution in [2.75, 3.05) is 39.2 Å². The lowest BCUT2D eigenvalue weighted by Gasteiger charge is -2.20. The van der Waals surface area contributed by atoms with Gasteiger partial charge in [0.1, 0.15) is 5.75 Å². The molecular formula is C20H23N4O4S+. The summed E-state index contributed by atoms with van der Waals surface area (Å²) >= 11 is 1.42. The molecule has 8 nitrogen and oxygen atoms in total. The number of nitro groups is 1. The Morgan fingerprint density at radius 3 is 2.59 bits per heavy atom. The third-order valence-electron chi connectivity index (χ3n) is 4.44. The Bertz CT molecular complexity index is 1020. The van der Waals surface area contributed by atoms with Crippen LogP contribution in [0.5, 0.6) is 5.75 Å². The number of quaternary nitrogens is 1. The number of nitro benzene ring substituents is 1. The summed E-state index contributed by atoms with van der Waals surface area (Å²) in [5, 5.41) is 11.5. The van der Waals surface area contributed by atoms with Crippen molar-refractivity contribution in [1.82, 2.24) is 4.98 Å². The molecule has 0 aliphatic heterocycles. The monoisotopic (exact) mass is 415 g/mol. The van der Waals surface area contributed by atoms with Crippen LogP contribution in [-0.2, 0) is 0 Å². The first-order chi connectivity index (χ1) is 13.9. The number of hydrogen-bond acceptors (Lipinski definition) is 6. The second-order valence-electron chi connectivity index (χ2n) is 6.90. The number of nitrogens with zero attached hydrogens (tertiary/aromatic N) is 3. The van der Waals surface area contributed by atoms with Gasteiger partial charge in [-0.3, -0.25) is 19.8 Å². The van der Waals surface area contributed by atoms with E-state index in [1.807, 2.05) is 18.2 Å². The molecule has 0 aliphatic carbocycles. The quantitative estimate of drug-likeness (QED) is 0.451. The van der Waals surface area contributed by atoms with Gasteiger partial charge in [0.25, 0.3) is 11.6 Å². The van der Waals surface area contributed by atoms with E-state index in [1.54, 1.807) is 12.0 Å². The zero-order valence-corrected chi connectivity index (χ0v) is 17.4. The molecule has 3 aromatic rings. The van der Waals surface area contributed by atoms with Crippen molar-refractivity contribution in [2.24, 2.45) is 0 Å². The van der Waals surface area contributed by atoms with E-state index in [0.717, 1.165) is 28.9 Å². The van der Waals surface area contributed by atoms with Crippen molar-refractivity contribution in [3.63, 3.8) is 0 Å². The highest BCUT2D eigenvalue weighted by Gasteiger charge is 2.22. The number of benzene rings is 2. The summed E-state index contributed by atoms with van der Waals surface area (Å²) in [5.74, 6) is 0.511. The fourth-order valence-corrected chi connectivity index (χ4v) is 3.91. The number of fused-ring (bicyclic) bond motifs is 1. The van der Waals surface area contributed by atoms with Gasteiger partial charge in [0, 0.05) is 30.7 Å². The van der Waals surface area contributed by atoms with E-state index in [9.17, 15) is 14.9 Å². The minimum atomic E-state index is -0.479. The Kier molecular flexibility index (Phi) is 6.40. The molecule has 3 rings (SSSR count). The van der Waals surface area contributed by atoms with Crippen molar-refractivity contribution in [1.29, 1.82) is 0 Å². The number of rotatable bonds is 8. The van der Waals surface area contributed by atoms with Gasteiger partial charge in [-0.05, 0) is 30.3 Å². The van der Waals surface area contributed by atoms with Crippen LogP contribution in [-0.4, -0.2) is 50.1 Å². The highest BCUT2D eigenvalue weighted by molar-refractivity contribution is 7.22. The second kappa shape index (κ2) is 8.97.